The average molecular weight is 235 g/mol. The Labute approximate surface area is 103 Å². The SMILES string of the molecule is CCOc1ccc(C(N)COC2CCC2)cc1. The zero-order chi connectivity index (χ0) is 12.1. The summed E-state index contributed by atoms with van der Waals surface area (Å²) in [6, 6.07) is 7.91. The zero-order valence-electron chi connectivity index (χ0n) is 10.4. The molecule has 1 unspecified atom stereocenters. The molecule has 1 saturated carbocycles. The van der Waals surface area contributed by atoms with Gasteiger partial charge in [0.1, 0.15) is 5.75 Å². The van der Waals surface area contributed by atoms with Crippen molar-refractivity contribution < 1.29 is 9.47 Å². The van der Waals surface area contributed by atoms with Crippen molar-refractivity contribution in [2.75, 3.05) is 13.2 Å². The molecule has 17 heavy (non-hydrogen) atoms. The highest BCUT2D eigenvalue weighted by Crippen LogP contribution is 2.24. The Bertz CT molecular complexity index is 333. The van der Waals surface area contributed by atoms with Crippen LogP contribution in [0, 0.1) is 0 Å². The molecule has 1 aromatic rings. The van der Waals surface area contributed by atoms with Crippen molar-refractivity contribution in [3.8, 4) is 5.75 Å². The summed E-state index contributed by atoms with van der Waals surface area (Å²) >= 11 is 0. The summed E-state index contributed by atoms with van der Waals surface area (Å²) in [5.41, 5.74) is 7.18. The highest BCUT2D eigenvalue weighted by Gasteiger charge is 2.19. The smallest absolute Gasteiger partial charge is 0.119 e. The molecule has 94 valence electrons. The van der Waals surface area contributed by atoms with Crippen molar-refractivity contribution >= 4 is 0 Å². The van der Waals surface area contributed by atoms with E-state index in [1.807, 2.05) is 31.2 Å². The van der Waals surface area contributed by atoms with Gasteiger partial charge in [0.2, 0.25) is 0 Å². The molecule has 0 saturated heterocycles. The summed E-state index contributed by atoms with van der Waals surface area (Å²) in [5, 5.41) is 0. The molecule has 0 heterocycles. The van der Waals surface area contributed by atoms with Gasteiger partial charge in [-0.05, 0) is 43.9 Å². The molecule has 3 nitrogen and oxygen atoms in total. The molecule has 2 rings (SSSR count). The minimum Gasteiger partial charge on any atom is -0.494 e. The van der Waals surface area contributed by atoms with E-state index in [-0.39, 0.29) is 6.04 Å². The molecule has 0 radical (unpaired) electrons. The van der Waals surface area contributed by atoms with E-state index in [0.29, 0.717) is 19.3 Å². The van der Waals surface area contributed by atoms with Gasteiger partial charge in [-0.25, -0.2) is 0 Å². The number of benzene rings is 1. The average Bonchev–Trinajstić information content (AvgIpc) is 2.28. The van der Waals surface area contributed by atoms with Gasteiger partial charge < -0.3 is 15.2 Å². The van der Waals surface area contributed by atoms with E-state index in [2.05, 4.69) is 0 Å². The van der Waals surface area contributed by atoms with E-state index in [9.17, 15) is 0 Å². The van der Waals surface area contributed by atoms with Crippen LogP contribution in [0.4, 0.5) is 0 Å². The lowest BCUT2D eigenvalue weighted by atomic mass is 9.96. The number of rotatable bonds is 6. The summed E-state index contributed by atoms with van der Waals surface area (Å²) in [6.45, 7) is 3.28. The van der Waals surface area contributed by atoms with Crippen LogP contribution < -0.4 is 10.5 Å². The second-order valence-electron chi connectivity index (χ2n) is 4.49. The van der Waals surface area contributed by atoms with Gasteiger partial charge in [-0.1, -0.05) is 12.1 Å². The maximum absolute atomic E-state index is 6.08. The van der Waals surface area contributed by atoms with E-state index >= 15 is 0 Å². The van der Waals surface area contributed by atoms with Crippen molar-refractivity contribution in [1.29, 1.82) is 0 Å². The maximum atomic E-state index is 6.08. The molecule has 1 aliphatic carbocycles. The number of hydrogen-bond acceptors (Lipinski definition) is 3. The highest BCUT2D eigenvalue weighted by molar-refractivity contribution is 5.29. The Hall–Kier alpha value is -1.06. The third kappa shape index (κ3) is 3.45. The molecule has 1 fully saturated rings. The minimum absolute atomic E-state index is 0.0359. The van der Waals surface area contributed by atoms with Gasteiger partial charge in [-0.3, -0.25) is 0 Å². The summed E-state index contributed by atoms with van der Waals surface area (Å²) in [4.78, 5) is 0. The van der Waals surface area contributed by atoms with Gasteiger partial charge in [0.25, 0.3) is 0 Å². The van der Waals surface area contributed by atoms with Crippen LogP contribution in [0.1, 0.15) is 37.8 Å². The van der Waals surface area contributed by atoms with E-state index in [4.69, 9.17) is 15.2 Å². The first-order valence-electron chi connectivity index (χ1n) is 6.39. The second-order valence-corrected chi connectivity index (χ2v) is 4.49. The molecule has 0 amide bonds. The Morgan fingerprint density at radius 3 is 2.53 bits per heavy atom. The lowest BCUT2D eigenvalue weighted by Crippen LogP contribution is -2.26. The van der Waals surface area contributed by atoms with Crippen LogP contribution in [0.5, 0.6) is 5.75 Å². The van der Waals surface area contributed by atoms with Gasteiger partial charge >= 0.3 is 0 Å². The van der Waals surface area contributed by atoms with Crippen LogP contribution in [-0.2, 0) is 4.74 Å². The molecule has 0 bridgehead atoms. The quantitative estimate of drug-likeness (QED) is 0.824. The Morgan fingerprint density at radius 2 is 2.00 bits per heavy atom. The molecule has 0 aromatic heterocycles. The van der Waals surface area contributed by atoms with Crippen molar-refractivity contribution in [2.24, 2.45) is 5.73 Å². The van der Waals surface area contributed by atoms with Gasteiger partial charge in [0.15, 0.2) is 0 Å². The molecular formula is C14H21NO2. The van der Waals surface area contributed by atoms with E-state index in [1.54, 1.807) is 0 Å². The second kappa shape index (κ2) is 6.03. The van der Waals surface area contributed by atoms with Gasteiger partial charge in [0.05, 0.1) is 25.4 Å². The highest BCUT2D eigenvalue weighted by atomic mass is 16.5. The monoisotopic (exact) mass is 235 g/mol. The molecule has 1 atom stereocenters. The van der Waals surface area contributed by atoms with Crippen LogP contribution >= 0.6 is 0 Å². The van der Waals surface area contributed by atoms with Crippen LogP contribution in [0.2, 0.25) is 0 Å². The van der Waals surface area contributed by atoms with Gasteiger partial charge in [0, 0.05) is 0 Å². The number of hydrogen-bond donors (Lipinski definition) is 1. The van der Waals surface area contributed by atoms with E-state index in [0.717, 1.165) is 11.3 Å². The Morgan fingerprint density at radius 1 is 1.29 bits per heavy atom. The summed E-state index contributed by atoms with van der Waals surface area (Å²) in [5.74, 6) is 0.892. The number of nitrogens with two attached hydrogens (primary N) is 1. The Balaban J connectivity index is 1.82. The largest absolute Gasteiger partial charge is 0.494 e. The molecule has 1 aliphatic rings. The fourth-order valence-electron chi connectivity index (χ4n) is 1.85. The molecular weight excluding hydrogens is 214 g/mol. The predicted molar refractivity (Wildman–Crippen MR) is 68.1 cm³/mol. The van der Waals surface area contributed by atoms with Crippen LogP contribution in [0.15, 0.2) is 24.3 Å². The van der Waals surface area contributed by atoms with E-state index < -0.39 is 0 Å². The molecule has 0 aliphatic heterocycles. The molecule has 0 spiro atoms. The fourth-order valence-corrected chi connectivity index (χ4v) is 1.85. The van der Waals surface area contributed by atoms with Gasteiger partial charge in [-0.15, -0.1) is 0 Å². The van der Waals surface area contributed by atoms with Crippen LogP contribution in [0.3, 0.4) is 0 Å². The summed E-state index contributed by atoms with van der Waals surface area (Å²) in [7, 11) is 0. The van der Waals surface area contributed by atoms with Crippen molar-refractivity contribution in [1.82, 2.24) is 0 Å². The molecule has 1 aromatic carbocycles. The molecule has 3 heteroatoms. The van der Waals surface area contributed by atoms with Crippen molar-refractivity contribution in [3.63, 3.8) is 0 Å². The standard InChI is InChI=1S/C14H21NO2/c1-2-16-13-8-6-11(7-9-13)14(15)10-17-12-4-3-5-12/h6-9,12,14H,2-5,10,15H2,1H3. The minimum atomic E-state index is -0.0359. The first-order chi connectivity index (χ1) is 8.29. The molecule has 2 N–H and O–H groups in total. The maximum Gasteiger partial charge on any atom is 0.119 e. The first kappa shape index (κ1) is 12.4. The topological polar surface area (TPSA) is 44.5 Å². The zero-order valence-corrected chi connectivity index (χ0v) is 10.4. The normalized spacial score (nSPS) is 17.5. The Kier molecular flexibility index (Phi) is 4.40. The van der Waals surface area contributed by atoms with Crippen LogP contribution in [-0.4, -0.2) is 19.3 Å². The van der Waals surface area contributed by atoms with E-state index in [1.165, 1.54) is 19.3 Å². The third-order valence-corrected chi connectivity index (χ3v) is 3.18. The van der Waals surface area contributed by atoms with Crippen LogP contribution in [0.25, 0.3) is 0 Å². The third-order valence-electron chi connectivity index (χ3n) is 3.18. The lowest BCUT2D eigenvalue weighted by Gasteiger charge is -2.27. The fraction of sp³-hybridized carbons (Fsp3) is 0.571. The first-order valence-corrected chi connectivity index (χ1v) is 6.39. The van der Waals surface area contributed by atoms with Crippen molar-refractivity contribution in [3.05, 3.63) is 29.8 Å². The summed E-state index contributed by atoms with van der Waals surface area (Å²) < 4.78 is 11.1. The van der Waals surface area contributed by atoms with Gasteiger partial charge in [-0.2, -0.15) is 0 Å². The number of ether oxygens (including phenoxy) is 2. The van der Waals surface area contributed by atoms with Crippen molar-refractivity contribution in [2.45, 2.75) is 38.3 Å². The summed E-state index contributed by atoms with van der Waals surface area (Å²) in [6.07, 6.45) is 4.12. The lowest BCUT2D eigenvalue weighted by molar-refractivity contribution is -0.00445. The predicted octanol–water partition coefficient (Wildman–Crippen LogP) is 2.65.